The Morgan fingerprint density at radius 3 is 3.06 bits per heavy atom. The number of carbonyl (C=O) groups is 1. The first-order valence-corrected chi connectivity index (χ1v) is 6.07. The van der Waals surface area contributed by atoms with Crippen molar-refractivity contribution in [3.05, 3.63) is 11.9 Å². The number of nitrogens with one attached hydrogen (secondary N) is 1. The first kappa shape index (κ1) is 12.0. The predicted molar refractivity (Wildman–Crippen MR) is 63.6 cm³/mol. The summed E-state index contributed by atoms with van der Waals surface area (Å²) in [6.07, 6.45) is 3.47. The molecule has 1 aromatic heterocycles. The standard InChI is InChI=1S/C11H19N5O/c1-3-9-8-15(2)5-4-6-16(9)11(17)10-7-12-14-13-10/h7,9H,3-6,8H2,1-2H3,(H,12,13,14). The third kappa shape index (κ3) is 2.63. The summed E-state index contributed by atoms with van der Waals surface area (Å²) in [5.41, 5.74) is 0.410. The van der Waals surface area contributed by atoms with E-state index in [1.54, 1.807) is 0 Å². The van der Waals surface area contributed by atoms with Gasteiger partial charge in [0.15, 0.2) is 5.69 Å². The SMILES string of the molecule is CCC1CN(C)CCCN1C(=O)c1cn[nH]n1. The normalized spacial score (nSPS) is 22.5. The summed E-state index contributed by atoms with van der Waals surface area (Å²) in [4.78, 5) is 16.5. The van der Waals surface area contributed by atoms with Gasteiger partial charge in [0.2, 0.25) is 0 Å². The van der Waals surface area contributed by atoms with E-state index in [0.29, 0.717) is 5.69 Å². The van der Waals surface area contributed by atoms with E-state index in [0.717, 1.165) is 32.5 Å². The molecule has 1 N–H and O–H groups in total. The Labute approximate surface area is 101 Å². The van der Waals surface area contributed by atoms with Crippen LogP contribution < -0.4 is 0 Å². The number of aromatic amines is 1. The van der Waals surface area contributed by atoms with Crippen LogP contribution in [0.3, 0.4) is 0 Å². The topological polar surface area (TPSA) is 65.1 Å². The summed E-state index contributed by atoms with van der Waals surface area (Å²) in [6, 6.07) is 0.270. The number of rotatable bonds is 2. The van der Waals surface area contributed by atoms with Crippen molar-refractivity contribution >= 4 is 5.91 Å². The zero-order chi connectivity index (χ0) is 12.3. The van der Waals surface area contributed by atoms with Crippen molar-refractivity contribution in [2.45, 2.75) is 25.8 Å². The molecule has 0 spiro atoms. The summed E-state index contributed by atoms with van der Waals surface area (Å²) >= 11 is 0. The van der Waals surface area contributed by atoms with Gasteiger partial charge >= 0.3 is 0 Å². The predicted octanol–water partition coefficient (Wildman–Crippen LogP) is 0.361. The van der Waals surface area contributed by atoms with E-state index in [2.05, 4.69) is 34.3 Å². The largest absolute Gasteiger partial charge is 0.333 e. The lowest BCUT2D eigenvalue weighted by atomic mass is 10.1. The highest BCUT2D eigenvalue weighted by Gasteiger charge is 2.27. The molecule has 6 nitrogen and oxygen atoms in total. The maximum Gasteiger partial charge on any atom is 0.276 e. The van der Waals surface area contributed by atoms with Crippen molar-refractivity contribution in [3.63, 3.8) is 0 Å². The van der Waals surface area contributed by atoms with E-state index >= 15 is 0 Å². The number of hydrogen-bond donors (Lipinski definition) is 1. The Balaban J connectivity index is 2.14. The molecule has 1 aliphatic rings. The average molecular weight is 237 g/mol. The van der Waals surface area contributed by atoms with Gasteiger partial charge in [0.1, 0.15) is 0 Å². The van der Waals surface area contributed by atoms with Crippen LogP contribution in [0.5, 0.6) is 0 Å². The van der Waals surface area contributed by atoms with Gasteiger partial charge in [-0.3, -0.25) is 4.79 Å². The monoisotopic (exact) mass is 237 g/mol. The Morgan fingerprint density at radius 1 is 1.59 bits per heavy atom. The molecule has 2 rings (SSSR count). The van der Waals surface area contributed by atoms with Crippen molar-refractivity contribution < 1.29 is 4.79 Å². The molecule has 1 atom stereocenters. The summed E-state index contributed by atoms with van der Waals surface area (Å²) in [5, 5.41) is 10.1. The van der Waals surface area contributed by atoms with Gasteiger partial charge in [-0.05, 0) is 26.4 Å². The number of nitrogens with zero attached hydrogens (tertiary/aromatic N) is 4. The fourth-order valence-corrected chi connectivity index (χ4v) is 2.31. The Kier molecular flexibility index (Phi) is 3.73. The minimum atomic E-state index is -0.0131. The Morgan fingerprint density at radius 2 is 2.41 bits per heavy atom. The van der Waals surface area contributed by atoms with E-state index in [1.165, 1.54) is 6.20 Å². The lowest BCUT2D eigenvalue weighted by Crippen LogP contribution is -2.43. The maximum atomic E-state index is 12.3. The van der Waals surface area contributed by atoms with Crippen LogP contribution >= 0.6 is 0 Å². The quantitative estimate of drug-likeness (QED) is 0.806. The molecule has 2 heterocycles. The van der Waals surface area contributed by atoms with Gasteiger partial charge in [-0.15, -0.1) is 0 Å². The van der Waals surface area contributed by atoms with Gasteiger partial charge in [-0.1, -0.05) is 6.92 Å². The van der Waals surface area contributed by atoms with Crippen molar-refractivity contribution in [1.29, 1.82) is 0 Å². The van der Waals surface area contributed by atoms with Crippen molar-refractivity contribution in [1.82, 2.24) is 25.2 Å². The highest BCUT2D eigenvalue weighted by atomic mass is 16.2. The zero-order valence-corrected chi connectivity index (χ0v) is 10.4. The summed E-state index contributed by atoms with van der Waals surface area (Å²) in [5.74, 6) is -0.0131. The Hall–Kier alpha value is -1.43. The van der Waals surface area contributed by atoms with E-state index in [1.807, 2.05) is 4.90 Å². The van der Waals surface area contributed by atoms with Gasteiger partial charge in [0.25, 0.3) is 5.91 Å². The van der Waals surface area contributed by atoms with E-state index in [9.17, 15) is 4.79 Å². The molecule has 6 heteroatoms. The van der Waals surface area contributed by atoms with E-state index < -0.39 is 0 Å². The summed E-state index contributed by atoms with van der Waals surface area (Å²) in [7, 11) is 2.10. The van der Waals surface area contributed by atoms with Gasteiger partial charge in [0.05, 0.1) is 6.20 Å². The molecule has 17 heavy (non-hydrogen) atoms. The van der Waals surface area contributed by atoms with Crippen molar-refractivity contribution in [3.8, 4) is 0 Å². The molecule has 0 radical (unpaired) electrons. The van der Waals surface area contributed by atoms with Gasteiger partial charge in [-0.2, -0.15) is 15.4 Å². The number of carbonyl (C=O) groups excluding carboxylic acids is 1. The van der Waals surface area contributed by atoms with Crippen molar-refractivity contribution in [2.75, 3.05) is 26.7 Å². The molecular weight excluding hydrogens is 218 g/mol. The number of likely N-dealkylation sites (N-methyl/N-ethyl adjacent to an activating group) is 1. The first-order valence-electron chi connectivity index (χ1n) is 6.07. The molecule has 1 amide bonds. The number of hydrogen-bond acceptors (Lipinski definition) is 4. The highest BCUT2D eigenvalue weighted by molar-refractivity contribution is 5.92. The molecule has 1 saturated heterocycles. The van der Waals surface area contributed by atoms with Gasteiger partial charge in [-0.25, -0.2) is 0 Å². The van der Waals surface area contributed by atoms with Gasteiger partial charge in [0, 0.05) is 19.1 Å². The lowest BCUT2D eigenvalue weighted by molar-refractivity contribution is 0.0669. The smallest absolute Gasteiger partial charge is 0.276 e. The number of H-pyrrole nitrogens is 1. The van der Waals surface area contributed by atoms with Crippen LogP contribution in [-0.4, -0.2) is 63.8 Å². The number of aromatic nitrogens is 3. The van der Waals surface area contributed by atoms with Crippen LogP contribution in [-0.2, 0) is 0 Å². The van der Waals surface area contributed by atoms with E-state index in [-0.39, 0.29) is 11.9 Å². The van der Waals surface area contributed by atoms with Crippen LogP contribution in [0.1, 0.15) is 30.3 Å². The average Bonchev–Trinajstić information content (AvgIpc) is 2.78. The molecule has 0 aliphatic carbocycles. The molecule has 1 aromatic rings. The third-order valence-corrected chi connectivity index (χ3v) is 3.27. The van der Waals surface area contributed by atoms with Crippen LogP contribution in [0.2, 0.25) is 0 Å². The van der Waals surface area contributed by atoms with E-state index in [4.69, 9.17) is 0 Å². The zero-order valence-electron chi connectivity index (χ0n) is 10.4. The van der Waals surface area contributed by atoms with Crippen molar-refractivity contribution in [2.24, 2.45) is 0 Å². The molecular formula is C11H19N5O. The fraction of sp³-hybridized carbons (Fsp3) is 0.727. The van der Waals surface area contributed by atoms with Crippen LogP contribution in [0.15, 0.2) is 6.20 Å². The maximum absolute atomic E-state index is 12.3. The third-order valence-electron chi connectivity index (χ3n) is 3.27. The minimum absolute atomic E-state index is 0.0131. The fourth-order valence-electron chi connectivity index (χ4n) is 2.31. The van der Waals surface area contributed by atoms with Gasteiger partial charge < -0.3 is 9.80 Å². The van der Waals surface area contributed by atoms with Crippen LogP contribution in [0.25, 0.3) is 0 Å². The lowest BCUT2D eigenvalue weighted by Gasteiger charge is -2.29. The molecule has 0 bridgehead atoms. The molecule has 0 aromatic carbocycles. The molecule has 1 aliphatic heterocycles. The second kappa shape index (κ2) is 5.27. The Bertz CT molecular complexity index is 364. The molecule has 94 valence electrons. The summed E-state index contributed by atoms with van der Waals surface area (Å²) < 4.78 is 0. The molecule has 1 unspecified atom stereocenters. The van der Waals surface area contributed by atoms with Crippen LogP contribution in [0, 0.1) is 0 Å². The minimum Gasteiger partial charge on any atom is -0.333 e. The van der Waals surface area contributed by atoms with Crippen LogP contribution in [0.4, 0.5) is 0 Å². The molecule has 0 saturated carbocycles. The summed E-state index contributed by atoms with van der Waals surface area (Å²) in [6.45, 7) is 4.89. The highest BCUT2D eigenvalue weighted by Crippen LogP contribution is 2.14. The number of amides is 1. The molecule has 1 fully saturated rings. The first-order chi connectivity index (χ1) is 8.22. The second-order valence-electron chi connectivity index (χ2n) is 4.53. The second-order valence-corrected chi connectivity index (χ2v) is 4.53.